The van der Waals surface area contributed by atoms with Gasteiger partial charge in [-0.1, -0.05) is 24.1 Å². The Labute approximate surface area is 172 Å². The minimum absolute atomic E-state index is 0.0114. The SMILES string of the molecule is C#CCOc1ccccc1/C=C1\C(=O)NC(=O)N(c2ccc(C(=O)OC)cc2)C1=O. The van der Waals surface area contributed by atoms with E-state index in [1.54, 1.807) is 24.3 Å². The van der Waals surface area contributed by atoms with Crippen LogP contribution in [0.3, 0.4) is 0 Å². The number of benzene rings is 2. The molecular formula is C22H16N2O6. The van der Waals surface area contributed by atoms with Crippen molar-refractivity contribution in [3.8, 4) is 18.1 Å². The maximum atomic E-state index is 13.0. The van der Waals surface area contributed by atoms with Crippen molar-refractivity contribution in [1.29, 1.82) is 0 Å². The Bertz CT molecular complexity index is 1100. The molecule has 0 atom stereocenters. The molecule has 0 aliphatic carbocycles. The predicted octanol–water partition coefficient (Wildman–Crippen LogP) is 2.15. The molecule has 0 aromatic heterocycles. The molecular weight excluding hydrogens is 388 g/mol. The van der Waals surface area contributed by atoms with Crippen molar-refractivity contribution in [3.63, 3.8) is 0 Å². The van der Waals surface area contributed by atoms with Crippen LogP contribution in [-0.4, -0.2) is 37.5 Å². The predicted molar refractivity (Wildman–Crippen MR) is 108 cm³/mol. The van der Waals surface area contributed by atoms with E-state index in [1.165, 1.54) is 37.5 Å². The third-order valence-electron chi connectivity index (χ3n) is 4.18. The van der Waals surface area contributed by atoms with Crippen LogP contribution in [0.4, 0.5) is 10.5 Å². The molecule has 2 aromatic carbocycles. The minimum atomic E-state index is -0.898. The summed E-state index contributed by atoms with van der Waals surface area (Å²) in [5.41, 5.74) is 0.614. The molecule has 0 unspecified atom stereocenters. The Balaban J connectivity index is 1.96. The molecule has 30 heavy (non-hydrogen) atoms. The normalized spacial score (nSPS) is 14.9. The van der Waals surface area contributed by atoms with Gasteiger partial charge in [-0.3, -0.25) is 14.9 Å². The summed E-state index contributed by atoms with van der Waals surface area (Å²) in [4.78, 5) is 50.0. The van der Waals surface area contributed by atoms with E-state index in [1.807, 2.05) is 0 Å². The zero-order valence-electron chi connectivity index (χ0n) is 15.9. The van der Waals surface area contributed by atoms with E-state index in [9.17, 15) is 19.2 Å². The molecule has 1 N–H and O–H groups in total. The van der Waals surface area contributed by atoms with Gasteiger partial charge in [0.25, 0.3) is 11.8 Å². The van der Waals surface area contributed by atoms with Gasteiger partial charge in [0, 0.05) is 5.56 Å². The fraction of sp³-hybridized carbons (Fsp3) is 0.0909. The van der Waals surface area contributed by atoms with Crippen molar-refractivity contribution in [2.45, 2.75) is 0 Å². The van der Waals surface area contributed by atoms with Crippen LogP contribution in [0.2, 0.25) is 0 Å². The van der Waals surface area contributed by atoms with E-state index in [2.05, 4.69) is 16.0 Å². The Hall–Kier alpha value is -4.38. The highest BCUT2D eigenvalue weighted by Crippen LogP contribution is 2.25. The van der Waals surface area contributed by atoms with Crippen molar-refractivity contribution >= 4 is 35.6 Å². The van der Waals surface area contributed by atoms with Crippen molar-refractivity contribution in [2.75, 3.05) is 18.6 Å². The van der Waals surface area contributed by atoms with Crippen LogP contribution in [0.25, 0.3) is 6.08 Å². The largest absolute Gasteiger partial charge is 0.480 e. The number of anilines is 1. The van der Waals surface area contributed by atoms with Crippen LogP contribution in [0.1, 0.15) is 15.9 Å². The summed E-state index contributed by atoms with van der Waals surface area (Å²) in [7, 11) is 1.24. The quantitative estimate of drug-likeness (QED) is 0.355. The van der Waals surface area contributed by atoms with Gasteiger partial charge >= 0.3 is 12.0 Å². The Morgan fingerprint density at radius 1 is 1.13 bits per heavy atom. The smallest absolute Gasteiger partial charge is 0.337 e. The van der Waals surface area contributed by atoms with E-state index < -0.39 is 23.8 Å². The minimum Gasteiger partial charge on any atom is -0.480 e. The van der Waals surface area contributed by atoms with Gasteiger partial charge in [0.1, 0.15) is 17.9 Å². The summed E-state index contributed by atoms with van der Waals surface area (Å²) in [5.74, 6) is 0.512. The lowest BCUT2D eigenvalue weighted by Crippen LogP contribution is -2.54. The van der Waals surface area contributed by atoms with Gasteiger partial charge < -0.3 is 9.47 Å². The van der Waals surface area contributed by atoms with Gasteiger partial charge in [0.15, 0.2) is 0 Å². The number of carbonyl (C=O) groups excluding carboxylic acids is 4. The van der Waals surface area contributed by atoms with E-state index in [4.69, 9.17) is 11.2 Å². The van der Waals surface area contributed by atoms with Gasteiger partial charge in [-0.25, -0.2) is 14.5 Å². The van der Waals surface area contributed by atoms with E-state index in [0.29, 0.717) is 11.3 Å². The molecule has 0 radical (unpaired) electrons. The zero-order chi connectivity index (χ0) is 21.7. The van der Waals surface area contributed by atoms with Crippen LogP contribution in [0, 0.1) is 12.3 Å². The number of barbiturate groups is 1. The summed E-state index contributed by atoms with van der Waals surface area (Å²) in [6.45, 7) is 0.0114. The number of para-hydroxylation sites is 1. The second-order valence-corrected chi connectivity index (χ2v) is 6.03. The Morgan fingerprint density at radius 3 is 2.50 bits per heavy atom. The third kappa shape index (κ3) is 4.05. The first kappa shape index (κ1) is 20.4. The summed E-state index contributed by atoms with van der Waals surface area (Å²) in [6, 6.07) is 11.4. The van der Waals surface area contributed by atoms with E-state index in [0.717, 1.165) is 4.90 Å². The lowest BCUT2D eigenvalue weighted by atomic mass is 10.1. The molecule has 1 heterocycles. The van der Waals surface area contributed by atoms with E-state index >= 15 is 0 Å². The molecule has 2 aromatic rings. The second kappa shape index (κ2) is 8.75. The van der Waals surface area contributed by atoms with Crippen molar-refractivity contribution in [2.24, 2.45) is 0 Å². The summed E-state index contributed by atoms with van der Waals surface area (Å²) < 4.78 is 10.1. The molecule has 3 rings (SSSR count). The summed E-state index contributed by atoms with van der Waals surface area (Å²) in [5, 5.41) is 2.13. The topological polar surface area (TPSA) is 102 Å². The number of hydrogen-bond donors (Lipinski definition) is 1. The monoisotopic (exact) mass is 404 g/mol. The van der Waals surface area contributed by atoms with Crippen LogP contribution < -0.4 is 15.0 Å². The number of esters is 1. The first-order valence-corrected chi connectivity index (χ1v) is 8.71. The van der Waals surface area contributed by atoms with Crippen LogP contribution >= 0.6 is 0 Å². The number of nitrogens with zero attached hydrogens (tertiary/aromatic N) is 1. The molecule has 8 heteroatoms. The first-order valence-electron chi connectivity index (χ1n) is 8.71. The molecule has 0 spiro atoms. The highest BCUT2D eigenvalue weighted by Gasteiger charge is 2.37. The number of nitrogens with one attached hydrogen (secondary N) is 1. The van der Waals surface area contributed by atoms with Gasteiger partial charge in [-0.05, 0) is 36.4 Å². The molecule has 1 aliphatic rings. The number of amides is 4. The lowest BCUT2D eigenvalue weighted by molar-refractivity contribution is -0.122. The Morgan fingerprint density at radius 2 is 1.83 bits per heavy atom. The van der Waals surface area contributed by atoms with E-state index in [-0.39, 0.29) is 23.4 Å². The average Bonchev–Trinajstić information content (AvgIpc) is 2.75. The number of carbonyl (C=O) groups is 4. The number of ether oxygens (including phenoxy) is 2. The van der Waals surface area contributed by atoms with Gasteiger partial charge in [-0.15, -0.1) is 6.42 Å². The average molecular weight is 404 g/mol. The van der Waals surface area contributed by atoms with Gasteiger partial charge in [0.2, 0.25) is 0 Å². The molecule has 1 fully saturated rings. The van der Waals surface area contributed by atoms with Crippen LogP contribution in [0.15, 0.2) is 54.1 Å². The van der Waals surface area contributed by atoms with Crippen molar-refractivity contribution in [3.05, 3.63) is 65.2 Å². The number of urea groups is 1. The highest BCUT2D eigenvalue weighted by atomic mass is 16.5. The number of methoxy groups -OCH3 is 1. The lowest BCUT2D eigenvalue weighted by Gasteiger charge is -2.26. The zero-order valence-corrected chi connectivity index (χ0v) is 15.9. The molecule has 0 bridgehead atoms. The molecule has 4 amide bonds. The fourth-order valence-electron chi connectivity index (χ4n) is 2.76. The van der Waals surface area contributed by atoms with Crippen molar-refractivity contribution < 1.29 is 28.7 Å². The number of rotatable bonds is 5. The maximum Gasteiger partial charge on any atom is 0.337 e. The summed E-state index contributed by atoms with van der Waals surface area (Å²) in [6.07, 6.45) is 6.53. The molecule has 0 saturated carbocycles. The van der Waals surface area contributed by atoms with Crippen molar-refractivity contribution in [1.82, 2.24) is 5.32 Å². The van der Waals surface area contributed by atoms with Crippen LogP contribution in [-0.2, 0) is 14.3 Å². The van der Waals surface area contributed by atoms with Crippen LogP contribution in [0.5, 0.6) is 5.75 Å². The molecule has 1 saturated heterocycles. The number of terminal acetylenes is 1. The molecule has 1 aliphatic heterocycles. The fourth-order valence-corrected chi connectivity index (χ4v) is 2.76. The number of imide groups is 2. The van der Waals surface area contributed by atoms with Gasteiger partial charge in [-0.2, -0.15) is 0 Å². The highest BCUT2D eigenvalue weighted by molar-refractivity contribution is 6.39. The molecule has 150 valence electrons. The second-order valence-electron chi connectivity index (χ2n) is 6.03. The number of hydrogen-bond acceptors (Lipinski definition) is 6. The summed E-state index contributed by atoms with van der Waals surface area (Å²) >= 11 is 0. The molecule has 8 nitrogen and oxygen atoms in total. The standard InChI is InChI=1S/C22H16N2O6/c1-3-12-30-18-7-5-4-6-15(18)13-17-19(25)23-22(28)24(20(17)26)16-10-8-14(9-11-16)21(27)29-2/h1,4-11,13H,12H2,2H3,(H,23,25,28)/b17-13+. The Kier molecular flexibility index (Phi) is 5.94. The maximum absolute atomic E-state index is 13.0. The van der Waals surface area contributed by atoms with Gasteiger partial charge in [0.05, 0.1) is 18.4 Å². The third-order valence-corrected chi connectivity index (χ3v) is 4.18. The first-order chi connectivity index (χ1) is 14.5.